The first-order valence-corrected chi connectivity index (χ1v) is 10.7. The van der Waals surface area contributed by atoms with Gasteiger partial charge in [-0.15, -0.1) is 0 Å². The maximum atomic E-state index is 13.2. The Labute approximate surface area is 166 Å². The van der Waals surface area contributed by atoms with Gasteiger partial charge in [-0.1, -0.05) is 0 Å². The summed E-state index contributed by atoms with van der Waals surface area (Å²) in [6, 6.07) is 0.314. The van der Waals surface area contributed by atoms with Gasteiger partial charge in [0.25, 0.3) is 5.92 Å². The SMILES string of the molecule is CC(C)N1CCN(C(=O)[C@H]2CC[C@H](NC(=O)N3CCC(F)(F)CC3)CC2)CC1. The zero-order valence-corrected chi connectivity index (χ0v) is 17.1. The maximum absolute atomic E-state index is 13.2. The molecule has 3 rings (SSSR count). The highest BCUT2D eigenvalue weighted by molar-refractivity contribution is 5.79. The minimum atomic E-state index is -2.64. The maximum Gasteiger partial charge on any atom is 0.317 e. The van der Waals surface area contributed by atoms with Crippen molar-refractivity contribution in [3.8, 4) is 0 Å². The molecule has 0 atom stereocenters. The van der Waals surface area contributed by atoms with E-state index >= 15 is 0 Å². The number of hydrogen-bond acceptors (Lipinski definition) is 3. The average molecular weight is 401 g/mol. The van der Waals surface area contributed by atoms with Crippen LogP contribution in [0.3, 0.4) is 0 Å². The minimum Gasteiger partial charge on any atom is -0.340 e. The number of nitrogens with one attached hydrogen (secondary N) is 1. The van der Waals surface area contributed by atoms with E-state index in [4.69, 9.17) is 0 Å². The van der Waals surface area contributed by atoms with Crippen LogP contribution in [0.25, 0.3) is 0 Å². The van der Waals surface area contributed by atoms with E-state index in [1.165, 1.54) is 4.90 Å². The van der Waals surface area contributed by atoms with Crippen molar-refractivity contribution < 1.29 is 18.4 Å². The standard InChI is InChI=1S/C20H34F2N4O2/c1-15(2)24-11-13-25(14-12-24)18(27)16-3-5-17(6-4-16)23-19(28)26-9-7-20(21,22)8-10-26/h15-17H,3-14H2,1-2H3,(H,23,28)/t16-,17-. The smallest absolute Gasteiger partial charge is 0.317 e. The number of amides is 3. The molecule has 3 fully saturated rings. The molecule has 2 aliphatic heterocycles. The molecule has 3 amide bonds. The van der Waals surface area contributed by atoms with E-state index in [9.17, 15) is 18.4 Å². The molecule has 160 valence electrons. The number of nitrogens with zero attached hydrogens (tertiary/aromatic N) is 3. The van der Waals surface area contributed by atoms with E-state index in [1.54, 1.807) is 0 Å². The number of carbonyl (C=O) groups is 2. The molecule has 0 bridgehead atoms. The Morgan fingerprint density at radius 3 is 2.00 bits per heavy atom. The van der Waals surface area contributed by atoms with E-state index < -0.39 is 5.92 Å². The Hall–Kier alpha value is -1.44. The molecule has 0 unspecified atom stereocenters. The first-order chi connectivity index (χ1) is 13.2. The van der Waals surface area contributed by atoms with Crippen LogP contribution in [0.2, 0.25) is 0 Å². The molecule has 6 nitrogen and oxygen atoms in total. The third-order valence-electron chi connectivity index (χ3n) is 6.54. The van der Waals surface area contributed by atoms with E-state index in [-0.39, 0.29) is 49.8 Å². The van der Waals surface area contributed by atoms with Gasteiger partial charge in [0.1, 0.15) is 0 Å². The molecule has 2 heterocycles. The molecule has 1 saturated carbocycles. The summed E-state index contributed by atoms with van der Waals surface area (Å²) in [4.78, 5) is 31.0. The van der Waals surface area contributed by atoms with Gasteiger partial charge in [-0.3, -0.25) is 9.69 Å². The molecule has 0 spiro atoms. The molecule has 0 aromatic heterocycles. The van der Waals surface area contributed by atoms with Gasteiger partial charge in [0.2, 0.25) is 5.91 Å². The van der Waals surface area contributed by atoms with Gasteiger partial charge in [-0.25, -0.2) is 13.6 Å². The lowest BCUT2D eigenvalue weighted by atomic mass is 9.85. The number of carbonyl (C=O) groups excluding carboxylic acids is 2. The summed E-state index contributed by atoms with van der Waals surface area (Å²) in [7, 11) is 0. The van der Waals surface area contributed by atoms with Crippen molar-refractivity contribution in [2.24, 2.45) is 5.92 Å². The number of likely N-dealkylation sites (tertiary alicyclic amines) is 1. The van der Waals surface area contributed by atoms with Gasteiger partial charge in [0, 0.05) is 70.1 Å². The summed E-state index contributed by atoms with van der Waals surface area (Å²) in [5.74, 6) is -2.34. The molecule has 2 saturated heterocycles. The summed E-state index contributed by atoms with van der Waals surface area (Å²) in [5.41, 5.74) is 0. The van der Waals surface area contributed by atoms with Crippen LogP contribution in [0.15, 0.2) is 0 Å². The van der Waals surface area contributed by atoms with E-state index in [1.807, 2.05) is 4.90 Å². The fourth-order valence-corrected chi connectivity index (χ4v) is 4.50. The predicted molar refractivity (Wildman–Crippen MR) is 103 cm³/mol. The van der Waals surface area contributed by atoms with Crippen LogP contribution >= 0.6 is 0 Å². The fraction of sp³-hybridized carbons (Fsp3) is 0.900. The summed E-state index contributed by atoms with van der Waals surface area (Å²) >= 11 is 0. The van der Waals surface area contributed by atoms with Gasteiger partial charge in [-0.2, -0.15) is 0 Å². The second-order valence-electron chi connectivity index (χ2n) is 8.80. The highest BCUT2D eigenvalue weighted by Gasteiger charge is 2.37. The van der Waals surface area contributed by atoms with E-state index in [2.05, 4.69) is 24.1 Å². The first kappa shape index (κ1) is 21.3. The summed E-state index contributed by atoms with van der Waals surface area (Å²) in [6.45, 7) is 8.04. The largest absolute Gasteiger partial charge is 0.340 e. The van der Waals surface area contributed by atoms with Gasteiger partial charge < -0.3 is 15.1 Å². The lowest BCUT2D eigenvalue weighted by Crippen LogP contribution is -2.53. The highest BCUT2D eigenvalue weighted by Crippen LogP contribution is 2.29. The second kappa shape index (κ2) is 8.93. The topological polar surface area (TPSA) is 55.9 Å². The molecule has 0 aromatic carbocycles. The summed E-state index contributed by atoms with van der Waals surface area (Å²) < 4.78 is 26.5. The minimum absolute atomic E-state index is 0.0387. The van der Waals surface area contributed by atoms with Crippen molar-refractivity contribution in [1.82, 2.24) is 20.0 Å². The van der Waals surface area contributed by atoms with Crippen LogP contribution < -0.4 is 5.32 Å². The summed E-state index contributed by atoms with van der Waals surface area (Å²) in [6.07, 6.45) is 2.60. The molecular formula is C20H34F2N4O2. The monoisotopic (exact) mass is 400 g/mol. The normalized spacial score (nSPS) is 29.0. The Balaban J connectivity index is 1.38. The van der Waals surface area contributed by atoms with Crippen molar-refractivity contribution in [2.45, 2.75) is 70.4 Å². The van der Waals surface area contributed by atoms with E-state index in [0.29, 0.717) is 6.04 Å². The zero-order chi connectivity index (χ0) is 20.3. The van der Waals surface area contributed by atoms with Gasteiger partial charge in [-0.05, 0) is 39.5 Å². The van der Waals surface area contributed by atoms with Crippen molar-refractivity contribution in [3.05, 3.63) is 0 Å². The third-order valence-corrected chi connectivity index (χ3v) is 6.54. The van der Waals surface area contributed by atoms with Crippen molar-refractivity contribution in [2.75, 3.05) is 39.3 Å². The van der Waals surface area contributed by atoms with Gasteiger partial charge in [0.05, 0.1) is 0 Å². The highest BCUT2D eigenvalue weighted by atomic mass is 19.3. The Morgan fingerprint density at radius 1 is 0.893 bits per heavy atom. The number of alkyl halides is 2. The number of piperazine rings is 1. The molecule has 0 radical (unpaired) electrons. The van der Waals surface area contributed by atoms with Crippen LogP contribution in [-0.4, -0.2) is 83.9 Å². The van der Waals surface area contributed by atoms with Crippen LogP contribution in [0.5, 0.6) is 0 Å². The fourth-order valence-electron chi connectivity index (χ4n) is 4.50. The molecule has 0 aromatic rings. The van der Waals surface area contributed by atoms with Crippen molar-refractivity contribution in [3.63, 3.8) is 0 Å². The van der Waals surface area contributed by atoms with Crippen LogP contribution in [-0.2, 0) is 4.79 Å². The van der Waals surface area contributed by atoms with Crippen LogP contribution in [0.4, 0.5) is 13.6 Å². The van der Waals surface area contributed by atoms with Crippen molar-refractivity contribution in [1.29, 1.82) is 0 Å². The molecular weight excluding hydrogens is 366 g/mol. The second-order valence-corrected chi connectivity index (χ2v) is 8.80. The number of halogens is 2. The predicted octanol–water partition coefficient (Wildman–Crippen LogP) is 2.54. The number of piperidine rings is 1. The Kier molecular flexibility index (Phi) is 6.78. The molecule has 8 heteroatoms. The van der Waals surface area contributed by atoms with Crippen molar-refractivity contribution >= 4 is 11.9 Å². The average Bonchev–Trinajstić information content (AvgIpc) is 2.68. The zero-order valence-electron chi connectivity index (χ0n) is 17.1. The van der Waals surface area contributed by atoms with E-state index in [0.717, 1.165) is 51.9 Å². The molecule has 1 aliphatic carbocycles. The van der Waals surface area contributed by atoms with Crippen LogP contribution in [0.1, 0.15) is 52.4 Å². The molecule has 3 aliphatic rings. The van der Waals surface area contributed by atoms with Gasteiger partial charge in [0.15, 0.2) is 0 Å². The number of hydrogen-bond donors (Lipinski definition) is 1. The molecule has 1 N–H and O–H groups in total. The summed E-state index contributed by atoms with van der Waals surface area (Å²) in [5, 5.41) is 2.98. The lowest BCUT2D eigenvalue weighted by Gasteiger charge is -2.39. The number of rotatable bonds is 3. The third kappa shape index (κ3) is 5.33. The lowest BCUT2D eigenvalue weighted by molar-refractivity contribution is -0.138. The quantitative estimate of drug-likeness (QED) is 0.792. The first-order valence-electron chi connectivity index (χ1n) is 10.7. The Bertz CT molecular complexity index is 546. The molecule has 28 heavy (non-hydrogen) atoms. The van der Waals surface area contributed by atoms with Crippen LogP contribution in [0, 0.1) is 5.92 Å². The number of urea groups is 1. The van der Waals surface area contributed by atoms with Gasteiger partial charge >= 0.3 is 6.03 Å². The Morgan fingerprint density at radius 2 is 1.46 bits per heavy atom.